The second-order valence-corrected chi connectivity index (χ2v) is 5.86. The van der Waals surface area contributed by atoms with Crippen LogP contribution in [-0.2, 0) is 16.0 Å². The maximum Gasteiger partial charge on any atom is 0.335 e. The van der Waals surface area contributed by atoms with Gasteiger partial charge in [-0.05, 0) is 24.5 Å². The second kappa shape index (κ2) is 7.40. The first-order valence-corrected chi connectivity index (χ1v) is 7.69. The van der Waals surface area contributed by atoms with E-state index < -0.39 is 5.97 Å². The number of amides is 1. The lowest BCUT2D eigenvalue weighted by Crippen LogP contribution is -2.46. The van der Waals surface area contributed by atoms with Crippen LogP contribution in [0.5, 0.6) is 0 Å². The predicted molar refractivity (Wildman–Crippen MR) is 82.9 cm³/mol. The summed E-state index contributed by atoms with van der Waals surface area (Å²) in [4.78, 5) is 23.3. The van der Waals surface area contributed by atoms with E-state index in [2.05, 4.69) is 5.32 Å². The Morgan fingerprint density at radius 2 is 1.91 bits per heavy atom. The molecule has 0 spiro atoms. The van der Waals surface area contributed by atoms with Crippen LogP contribution in [0, 0.1) is 0 Å². The molecule has 1 fully saturated rings. The van der Waals surface area contributed by atoms with Gasteiger partial charge in [0.05, 0.1) is 17.6 Å². The Hall–Kier alpha value is -1.88. The summed E-state index contributed by atoms with van der Waals surface area (Å²) in [6.07, 6.45) is 5.43. The van der Waals surface area contributed by atoms with Gasteiger partial charge in [0.2, 0.25) is 5.91 Å². The third kappa shape index (κ3) is 4.07. The molecule has 0 saturated heterocycles. The molecule has 1 aromatic rings. The summed E-state index contributed by atoms with van der Waals surface area (Å²) in [6, 6.07) is 6.60. The summed E-state index contributed by atoms with van der Waals surface area (Å²) in [5, 5.41) is 12.0. The molecule has 2 N–H and O–H groups in total. The third-order valence-electron chi connectivity index (χ3n) is 4.40. The predicted octanol–water partition coefficient (Wildman–Crippen LogP) is 2.39. The molecule has 22 heavy (non-hydrogen) atoms. The molecule has 120 valence electrons. The van der Waals surface area contributed by atoms with Gasteiger partial charge in [0.15, 0.2) is 0 Å². The molecule has 0 aromatic heterocycles. The van der Waals surface area contributed by atoms with Crippen LogP contribution in [0.2, 0.25) is 0 Å². The Morgan fingerprint density at radius 3 is 2.55 bits per heavy atom. The van der Waals surface area contributed by atoms with Crippen molar-refractivity contribution in [3.05, 3.63) is 35.4 Å². The Labute approximate surface area is 130 Å². The zero-order valence-electron chi connectivity index (χ0n) is 12.9. The van der Waals surface area contributed by atoms with E-state index in [1.165, 1.54) is 12.5 Å². The van der Waals surface area contributed by atoms with Crippen LogP contribution >= 0.6 is 0 Å². The van der Waals surface area contributed by atoms with Crippen LogP contribution < -0.4 is 5.32 Å². The average molecular weight is 305 g/mol. The van der Waals surface area contributed by atoms with Gasteiger partial charge in [-0.25, -0.2) is 4.79 Å². The number of ether oxygens (including phenoxy) is 1. The van der Waals surface area contributed by atoms with Crippen molar-refractivity contribution >= 4 is 11.9 Å². The Bertz CT molecular complexity index is 535. The fraction of sp³-hybridized carbons (Fsp3) is 0.529. The number of carbonyl (C=O) groups is 2. The summed E-state index contributed by atoms with van der Waals surface area (Å²) >= 11 is 0. The summed E-state index contributed by atoms with van der Waals surface area (Å²) in [5.74, 6) is -1.18. The van der Waals surface area contributed by atoms with Gasteiger partial charge in [0.1, 0.15) is 0 Å². The lowest BCUT2D eigenvalue weighted by atomic mass is 9.84. The van der Waals surface area contributed by atoms with E-state index in [-0.39, 0.29) is 23.5 Å². The topological polar surface area (TPSA) is 75.6 Å². The van der Waals surface area contributed by atoms with Crippen LogP contribution in [0.4, 0.5) is 0 Å². The van der Waals surface area contributed by atoms with Crippen LogP contribution in [0.3, 0.4) is 0 Å². The molecule has 0 atom stereocenters. The highest BCUT2D eigenvalue weighted by Gasteiger charge is 2.32. The average Bonchev–Trinajstić information content (AvgIpc) is 2.54. The standard InChI is InChI=1S/C17H23NO4/c1-22-17(9-5-2-6-10-17)12-18-15(19)11-13-7-3-4-8-14(13)16(20)21/h3-4,7-8H,2,5-6,9-12H2,1H3,(H,18,19)(H,20,21). The number of carboxylic acid groups (broad SMARTS) is 1. The first-order valence-electron chi connectivity index (χ1n) is 7.69. The SMILES string of the molecule is COC1(CNC(=O)Cc2ccccc2C(=O)O)CCCCC1. The van der Waals surface area contributed by atoms with Crippen LogP contribution in [-0.4, -0.2) is 36.2 Å². The van der Waals surface area contributed by atoms with E-state index in [9.17, 15) is 9.59 Å². The smallest absolute Gasteiger partial charge is 0.335 e. The molecule has 1 aromatic carbocycles. The Balaban J connectivity index is 1.94. The highest BCUT2D eigenvalue weighted by atomic mass is 16.5. The number of carboxylic acids is 1. The van der Waals surface area contributed by atoms with Gasteiger partial charge < -0.3 is 15.2 Å². The number of aromatic carboxylic acids is 1. The minimum Gasteiger partial charge on any atom is -0.478 e. The fourth-order valence-electron chi connectivity index (χ4n) is 3.03. The van der Waals surface area contributed by atoms with Crippen molar-refractivity contribution in [3.8, 4) is 0 Å². The first-order chi connectivity index (χ1) is 10.6. The zero-order valence-corrected chi connectivity index (χ0v) is 12.9. The monoisotopic (exact) mass is 305 g/mol. The Kier molecular flexibility index (Phi) is 5.55. The lowest BCUT2D eigenvalue weighted by molar-refractivity contribution is -0.122. The van der Waals surface area contributed by atoms with Gasteiger partial charge in [0, 0.05) is 13.7 Å². The quantitative estimate of drug-likeness (QED) is 0.846. The van der Waals surface area contributed by atoms with E-state index in [0.29, 0.717) is 12.1 Å². The minimum atomic E-state index is -1.01. The van der Waals surface area contributed by atoms with Gasteiger partial charge in [-0.2, -0.15) is 0 Å². The number of hydrogen-bond donors (Lipinski definition) is 2. The molecule has 1 amide bonds. The summed E-state index contributed by atoms with van der Waals surface area (Å²) < 4.78 is 5.63. The largest absolute Gasteiger partial charge is 0.478 e. The number of methoxy groups -OCH3 is 1. The lowest BCUT2D eigenvalue weighted by Gasteiger charge is -2.36. The van der Waals surface area contributed by atoms with Crippen molar-refractivity contribution in [1.29, 1.82) is 0 Å². The van der Waals surface area contributed by atoms with Gasteiger partial charge >= 0.3 is 5.97 Å². The van der Waals surface area contributed by atoms with E-state index in [0.717, 1.165) is 25.7 Å². The Morgan fingerprint density at radius 1 is 1.23 bits per heavy atom. The highest BCUT2D eigenvalue weighted by Crippen LogP contribution is 2.30. The molecule has 0 aliphatic heterocycles. The molecule has 0 bridgehead atoms. The molecule has 0 heterocycles. The maximum atomic E-state index is 12.1. The summed E-state index contributed by atoms with van der Waals surface area (Å²) in [5.41, 5.74) is 0.444. The maximum absolute atomic E-state index is 12.1. The molecular weight excluding hydrogens is 282 g/mol. The van der Waals surface area contributed by atoms with Crippen molar-refractivity contribution in [2.75, 3.05) is 13.7 Å². The third-order valence-corrected chi connectivity index (χ3v) is 4.40. The molecule has 0 radical (unpaired) electrons. The molecular formula is C17H23NO4. The van der Waals surface area contributed by atoms with E-state index in [1.54, 1.807) is 25.3 Å². The van der Waals surface area contributed by atoms with Crippen LogP contribution in [0.15, 0.2) is 24.3 Å². The molecule has 2 rings (SSSR count). The zero-order chi connectivity index (χ0) is 16.0. The van der Waals surface area contributed by atoms with Crippen LogP contribution in [0.1, 0.15) is 48.0 Å². The molecule has 1 aliphatic carbocycles. The number of benzene rings is 1. The van der Waals surface area contributed by atoms with E-state index in [1.807, 2.05) is 0 Å². The number of carbonyl (C=O) groups excluding carboxylic acids is 1. The molecule has 1 saturated carbocycles. The summed E-state index contributed by atoms with van der Waals surface area (Å²) in [6.45, 7) is 0.484. The van der Waals surface area contributed by atoms with Gasteiger partial charge in [-0.3, -0.25) is 4.79 Å². The first kappa shape index (κ1) is 16.5. The van der Waals surface area contributed by atoms with Crippen molar-refractivity contribution in [2.24, 2.45) is 0 Å². The van der Waals surface area contributed by atoms with E-state index >= 15 is 0 Å². The molecule has 1 aliphatic rings. The summed E-state index contributed by atoms with van der Waals surface area (Å²) in [7, 11) is 1.69. The minimum absolute atomic E-state index is 0.0717. The molecule has 5 nitrogen and oxygen atoms in total. The number of rotatable bonds is 6. The molecule has 5 heteroatoms. The van der Waals surface area contributed by atoms with Gasteiger partial charge in [-0.15, -0.1) is 0 Å². The van der Waals surface area contributed by atoms with Crippen molar-refractivity contribution in [3.63, 3.8) is 0 Å². The van der Waals surface area contributed by atoms with Crippen molar-refractivity contribution < 1.29 is 19.4 Å². The van der Waals surface area contributed by atoms with Gasteiger partial charge in [-0.1, -0.05) is 37.5 Å². The normalized spacial score (nSPS) is 17.0. The number of nitrogens with one attached hydrogen (secondary N) is 1. The van der Waals surface area contributed by atoms with Gasteiger partial charge in [0.25, 0.3) is 0 Å². The van der Waals surface area contributed by atoms with Crippen molar-refractivity contribution in [1.82, 2.24) is 5.32 Å². The fourth-order valence-corrected chi connectivity index (χ4v) is 3.03. The van der Waals surface area contributed by atoms with Crippen LogP contribution in [0.25, 0.3) is 0 Å². The van der Waals surface area contributed by atoms with Crippen molar-refractivity contribution in [2.45, 2.75) is 44.1 Å². The van der Waals surface area contributed by atoms with E-state index in [4.69, 9.17) is 9.84 Å². The molecule has 0 unspecified atom stereocenters. The second-order valence-electron chi connectivity index (χ2n) is 5.86. The number of hydrogen-bond acceptors (Lipinski definition) is 3. The highest BCUT2D eigenvalue weighted by molar-refractivity contribution is 5.91.